The Morgan fingerprint density at radius 1 is 0.942 bits per heavy atom. The molecule has 0 radical (unpaired) electrons. The van der Waals surface area contributed by atoms with Crippen LogP contribution in [0, 0.1) is 11.8 Å². The number of benzene rings is 2. The molecule has 52 heavy (non-hydrogen) atoms. The van der Waals surface area contributed by atoms with Crippen LogP contribution in [0.4, 0.5) is 36.8 Å². The number of esters is 1. The smallest absolute Gasteiger partial charge is 0.408 e. The van der Waals surface area contributed by atoms with E-state index in [1.807, 2.05) is 0 Å². The largest absolute Gasteiger partial charge is 0.444 e. The summed E-state index contributed by atoms with van der Waals surface area (Å²) >= 11 is 0. The molecule has 4 atom stereocenters. The van der Waals surface area contributed by atoms with E-state index in [1.54, 1.807) is 69.3 Å². The molecule has 2 aromatic rings. The van der Waals surface area contributed by atoms with Crippen molar-refractivity contribution < 1.29 is 55.0 Å². The summed E-state index contributed by atoms with van der Waals surface area (Å²) in [6.07, 6.45) is -15.0. The second-order valence-electron chi connectivity index (χ2n) is 13.9. The van der Waals surface area contributed by atoms with Crippen LogP contribution in [0.15, 0.2) is 59.6 Å². The fraction of sp³-hybridized carbons (Fsp3) is 0.514. The Labute approximate surface area is 296 Å². The first-order valence-electron chi connectivity index (χ1n) is 16.5. The lowest BCUT2D eigenvalue weighted by Gasteiger charge is -2.34. The van der Waals surface area contributed by atoms with Gasteiger partial charge in [0.2, 0.25) is 5.91 Å². The summed E-state index contributed by atoms with van der Waals surface area (Å²) in [4.78, 5) is 58.5. The van der Waals surface area contributed by atoms with Crippen molar-refractivity contribution in [1.82, 2.24) is 5.32 Å². The SMILES string of the molecule is CC(C)(C)OC(=O)NC1(C(=O)OCN2C(=O)[C@H](C(N)[C@H](CCC(F)(F)F)[C@H](CCC(F)(F)F)C(N)=O)N=C(c3ccccc3)c3ccccc32)CC1. The fourth-order valence-electron chi connectivity index (χ4n) is 6.04. The first kappa shape index (κ1) is 40.1. The van der Waals surface area contributed by atoms with Gasteiger partial charge in [0.05, 0.1) is 11.4 Å². The molecular formula is C35H41F6N5O6. The van der Waals surface area contributed by atoms with Crippen molar-refractivity contribution in [2.75, 3.05) is 11.6 Å². The minimum atomic E-state index is -4.79. The summed E-state index contributed by atoms with van der Waals surface area (Å²) in [5.74, 6) is -6.69. The van der Waals surface area contributed by atoms with E-state index in [0.717, 1.165) is 4.90 Å². The molecule has 2 aromatic carbocycles. The zero-order chi connectivity index (χ0) is 38.6. The number of aliphatic imine (C=N–C) groups is 1. The Morgan fingerprint density at radius 2 is 1.52 bits per heavy atom. The minimum Gasteiger partial charge on any atom is -0.444 e. The number of carbonyl (C=O) groups is 4. The van der Waals surface area contributed by atoms with Gasteiger partial charge in [0, 0.05) is 35.9 Å². The Hall–Kier alpha value is -4.67. The van der Waals surface area contributed by atoms with Crippen LogP contribution in [0.25, 0.3) is 0 Å². The second-order valence-corrected chi connectivity index (χ2v) is 13.9. The molecule has 4 rings (SSSR count). The number of primary amides is 1. The number of alkyl halides is 6. The number of hydrogen-bond acceptors (Lipinski definition) is 8. The van der Waals surface area contributed by atoms with Gasteiger partial charge in [-0.1, -0.05) is 48.5 Å². The van der Waals surface area contributed by atoms with Crippen LogP contribution in [0.5, 0.6) is 0 Å². The number of hydrogen-bond donors (Lipinski definition) is 3. The maximum absolute atomic E-state index is 14.5. The average Bonchev–Trinajstić information content (AvgIpc) is 3.83. The first-order chi connectivity index (χ1) is 24.1. The number of anilines is 1. The van der Waals surface area contributed by atoms with Gasteiger partial charge >= 0.3 is 24.4 Å². The van der Waals surface area contributed by atoms with E-state index < -0.39 is 104 Å². The summed E-state index contributed by atoms with van der Waals surface area (Å²) in [6, 6.07) is 11.1. The maximum Gasteiger partial charge on any atom is 0.408 e. The molecule has 284 valence electrons. The summed E-state index contributed by atoms with van der Waals surface area (Å²) < 4.78 is 91.3. The van der Waals surface area contributed by atoms with Gasteiger partial charge in [0.15, 0.2) is 6.73 Å². The Kier molecular flexibility index (Phi) is 12.0. The average molecular weight is 742 g/mol. The molecule has 1 aliphatic heterocycles. The molecule has 1 unspecified atom stereocenters. The zero-order valence-corrected chi connectivity index (χ0v) is 28.7. The number of carbonyl (C=O) groups excluding carboxylic acids is 4. The van der Waals surface area contributed by atoms with Crippen molar-refractivity contribution in [3.8, 4) is 0 Å². The molecule has 0 spiro atoms. The Morgan fingerprint density at radius 3 is 2.08 bits per heavy atom. The quantitative estimate of drug-likeness (QED) is 0.179. The van der Waals surface area contributed by atoms with Crippen molar-refractivity contribution >= 4 is 35.3 Å². The van der Waals surface area contributed by atoms with Crippen LogP contribution in [-0.2, 0) is 23.9 Å². The van der Waals surface area contributed by atoms with Gasteiger partial charge in [-0.3, -0.25) is 19.5 Å². The first-order valence-corrected chi connectivity index (χ1v) is 16.5. The number of nitrogens with two attached hydrogens (primary N) is 2. The van der Waals surface area contributed by atoms with Crippen LogP contribution in [0.3, 0.4) is 0 Å². The molecule has 1 saturated carbocycles. The van der Waals surface area contributed by atoms with Crippen molar-refractivity contribution in [2.24, 2.45) is 28.3 Å². The highest BCUT2D eigenvalue weighted by atomic mass is 19.4. The number of rotatable bonds is 13. The standard InChI is InChI=1S/C35H41F6N5O6/c1-32(2,3)52-31(50)45-33(17-18-33)30(49)51-19-46-24-12-8-7-11-23(24)26(20-9-5-4-6-10-20)44-27(29(46)48)25(42)21(13-15-34(36,37)38)22(28(43)47)14-16-35(39,40)41/h4-12,21-22,25,27H,13-19,42H2,1-3H3,(H2,43,47)(H,45,50)/t21-,22+,25?,27+/m1/s1. The lowest BCUT2D eigenvalue weighted by molar-refractivity contribution is -0.149. The molecule has 11 nitrogen and oxygen atoms in total. The highest BCUT2D eigenvalue weighted by Crippen LogP contribution is 2.39. The van der Waals surface area contributed by atoms with Gasteiger partial charge in [-0.15, -0.1) is 0 Å². The van der Waals surface area contributed by atoms with Gasteiger partial charge in [-0.25, -0.2) is 9.59 Å². The number of nitrogens with one attached hydrogen (secondary N) is 1. The van der Waals surface area contributed by atoms with Gasteiger partial charge < -0.3 is 26.3 Å². The number of benzodiazepines with no additional fused rings is 1. The highest BCUT2D eigenvalue weighted by molar-refractivity contribution is 6.20. The van der Waals surface area contributed by atoms with Crippen LogP contribution in [0.1, 0.15) is 70.4 Å². The number of nitrogens with zero attached hydrogens (tertiary/aromatic N) is 2. The van der Waals surface area contributed by atoms with E-state index in [-0.39, 0.29) is 24.2 Å². The maximum atomic E-state index is 14.5. The molecule has 0 aromatic heterocycles. The second kappa shape index (κ2) is 15.5. The number of amides is 3. The van der Waals surface area contributed by atoms with Crippen LogP contribution < -0.4 is 21.7 Å². The lowest BCUT2D eigenvalue weighted by Crippen LogP contribution is -2.54. The molecule has 5 N–H and O–H groups in total. The van der Waals surface area contributed by atoms with Crippen LogP contribution in [0.2, 0.25) is 0 Å². The Bertz CT molecular complexity index is 1660. The van der Waals surface area contributed by atoms with E-state index in [9.17, 15) is 45.5 Å². The van der Waals surface area contributed by atoms with E-state index in [4.69, 9.17) is 20.9 Å². The van der Waals surface area contributed by atoms with Crippen molar-refractivity contribution in [1.29, 1.82) is 0 Å². The molecule has 0 saturated heterocycles. The van der Waals surface area contributed by atoms with E-state index in [0.29, 0.717) is 11.1 Å². The number of fused-ring (bicyclic) bond motifs is 1. The van der Waals surface area contributed by atoms with Crippen molar-refractivity contribution in [2.45, 2.75) is 94.9 Å². The zero-order valence-electron chi connectivity index (χ0n) is 28.7. The third-order valence-electron chi connectivity index (χ3n) is 8.73. The predicted octanol–water partition coefficient (Wildman–Crippen LogP) is 5.53. The van der Waals surface area contributed by atoms with Crippen molar-refractivity contribution in [3.63, 3.8) is 0 Å². The molecule has 1 aliphatic carbocycles. The van der Waals surface area contributed by atoms with Gasteiger partial charge in [-0.2, -0.15) is 26.3 Å². The van der Waals surface area contributed by atoms with Gasteiger partial charge in [0.1, 0.15) is 17.2 Å². The summed E-state index contributed by atoms with van der Waals surface area (Å²) in [5.41, 5.74) is 10.8. The van der Waals surface area contributed by atoms with Crippen LogP contribution >= 0.6 is 0 Å². The minimum absolute atomic E-state index is 0.157. The molecule has 0 bridgehead atoms. The van der Waals surface area contributed by atoms with Crippen molar-refractivity contribution in [3.05, 3.63) is 65.7 Å². The van der Waals surface area contributed by atoms with Gasteiger partial charge in [0.25, 0.3) is 5.91 Å². The lowest BCUT2D eigenvalue weighted by atomic mass is 9.77. The fourth-order valence-corrected chi connectivity index (χ4v) is 6.04. The van der Waals surface area contributed by atoms with E-state index in [1.165, 1.54) is 6.07 Å². The molecule has 2 aliphatic rings. The summed E-state index contributed by atoms with van der Waals surface area (Å²) in [7, 11) is 0. The Balaban J connectivity index is 1.76. The van der Waals surface area contributed by atoms with Crippen LogP contribution in [-0.4, -0.2) is 71.9 Å². The normalized spacial score (nSPS) is 19.0. The summed E-state index contributed by atoms with van der Waals surface area (Å²) in [5, 5.41) is 2.50. The molecular weight excluding hydrogens is 700 g/mol. The highest BCUT2D eigenvalue weighted by Gasteiger charge is 2.54. The number of ether oxygens (including phenoxy) is 2. The third-order valence-corrected chi connectivity index (χ3v) is 8.73. The summed E-state index contributed by atoms with van der Waals surface area (Å²) in [6.45, 7) is 4.13. The number of halogens is 6. The topological polar surface area (TPSA) is 166 Å². The molecule has 3 amide bonds. The molecule has 1 fully saturated rings. The molecule has 1 heterocycles. The number of alkyl carbamates (subject to hydrolysis) is 1. The van der Waals surface area contributed by atoms with E-state index in [2.05, 4.69) is 10.3 Å². The molecule has 17 heteroatoms. The number of para-hydroxylation sites is 1. The van der Waals surface area contributed by atoms with Gasteiger partial charge in [-0.05, 0) is 58.4 Å². The predicted molar refractivity (Wildman–Crippen MR) is 177 cm³/mol. The third kappa shape index (κ3) is 10.4. The van der Waals surface area contributed by atoms with E-state index >= 15 is 0 Å². The monoisotopic (exact) mass is 741 g/mol.